The molecule has 0 saturated carbocycles. The summed E-state index contributed by atoms with van der Waals surface area (Å²) >= 11 is 0. The number of carboxylic acids is 1. The Kier molecular flexibility index (Phi) is 5.91. The standard InChI is InChI=1S/C16H17NO7/c1-22-6-2-5-17-15(20)12-7-10-3-4-11(23-9-14(18)19)8-13(10)24-16(12)21/h3-4,7-8H,2,5-6,9H2,1H3,(H,17,20)(H,18,19). The number of ether oxygens (including phenoxy) is 2. The van der Waals surface area contributed by atoms with E-state index in [2.05, 4.69) is 5.32 Å². The minimum atomic E-state index is -1.11. The van der Waals surface area contributed by atoms with Crippen LogP contribution in [0.1, 0.15) is 16.8 Å². The molecular weight excluding hydrogens is 318 g/mol. The first-order valence-electron chi connectivity index (χ1n) is 7.21. The quantitative estimate of drug-likeness (QED) is 0.546. The second kappa shape index (κ2) is 8.11. The number of aliphatic carboxylic acids is 1. The number of nitrogens with one attached hydrogen (secondary N) is 1. The Balaban J connectivity index is 2.17. The zero-order valence-corrected chi connectivity index (χ0v) is 13.0. The van der Waals surface area contributed by atoms with Gasteiger partial charge < -0.3 is 24.3 Å². The van der Waals surface area contributed by atoms with Crippen molar-refractivity contribution in [1.29, 1.82) is 0 Å². The molecule has 0 radical (unpaired) electrons. The Bertz CT molecular complexity index is 797. The first-order valence-corrected chi connectivity index (χ1v) is 7.21. The maximum absolute atomic E-state index is 12.0. The summed E-state index contributed by atoms with van der Waals surface area (Å²) in [4.78, 5) is 34.5. The van der Waals surface area contributed by atoms with Gasteiger partial charge in [0.05, 0.1) is 0 Å². The molecule has 0 aliphatic rings. The van der Waals surface area contributed by atoms with Crippen LogP contribution < -0.4 is 15.7 Å². The Morgan fingerprint density at radius 3 is 2.79 bits per heavy atom. The number of rotatable bonds is 8. The number of methoxy groups -OCH3 is 1. The topological polar surface area (TPSA) is 115 Å². The molecule has 2 aromatic rings. The van der Waals surface area contributed by atoms with Crippen LogP contribution in [0.2, 0.25) is 0 Å². The highest BCUT2D eigenvalue weighted by atomic mass is 16.5. The van der Waals surface area contributed by atoms with Crippen molar-refractivity contribution in [3.05, 3.63) is 40.2 Å². The summed E-state index contributed by atoms with van der Waals surface area (Å²) in [6, 6.07) is 5.94. The van der Waals surface area contributed by atoms with E-state index in [1.54, 1.807) is 13.2 Å². The normalized spacial score (nSPS) is 10.5. The summed E-state index contributed by atoms with van der Waals surface area (Å²) in [6.07, 6.45) is 0.630. The molecule has 1 amide bonds. The van der Waals surface area contributed by atoms with Gasteiger partial charge in [-0.25, -0.2) is 9.59 Å². The van der Waals surface area contributed by atoms with Crippen molar-refractivity contribution in [2.45, 2.75) is 6.42 Å². The van der Waals surface area contributed by atoms with Gasteiger partial charge in [0.25, 0.3) is 5.91 Å². The second-order valence-corrected chi connectivity index (χ2v) is 4.93. The number of benzene rings is 1. The lowest BCUT2D eigenvalue weighted by atomic mass is 10.1. The number of carboxylic acid groups (broad SMARTS) is 1. The minimum Gasteiger partial charge on any atom is -0.482 e. The third kappa shape index (κ3) is 4.56. The van der Waals surface area contributed by atoms with Crippen molar-refractivity contribution < 1.29 is 28.6 Å². The maximum Gasteiger partial charge on any atom is 0.349 e. The minimum absolute atomic E-state index is 0.0980. The molecule has 1 aromatic carbocycles. The molecule has 0 unspecified atom stereocenters. The molecule has 2 N–H and O–H groups in total. The van der Waals surface area contributed by atoms with Gasteiger partial charge in [-0.15, -0.1) is 0 Å². The van der Waals surface area contributed by atoms with Gasteiger partial charge in [-0.1, -0.05) is 0 Å². The van der Waals surface area contributed by atoms with Gasteiger partial charge >= 0.3 is 11.6 Å². The fourth-order valence-corrected chi connectivity index (χ4v) is 2.00. The smallest absolute Gasteiger partial charge is 0.349 e. The molecule has 128 valence electrons. The average Bonchev–Trinajstić information content (AvgIpc) is 2.55. The van der Waals surface area contributed by atoms with E-state index in [0.717, 1.165) is 0 Å². The van der Waals surface area contributed by atoms with Crippen LogP contribution in [-0.2, 0) is 9.53 Å². The van der Waals surface area contributed by atoms with Crippen LogP contribution in [0.15, 0.2) is 33.5 Å². The summed E-state index contributed by atoms with van der Waals surface area (Å²) in [6.45, 7) is 0.384. The molecule has 2 rings (SSSR count). The number of hydrogen-bond donors (Lipinski definition) is 2. The highest BCUT2D eigenvalue weighted by Gasteiger charge is 2.14. The van der Waals surface area contributed by atoms with Crippen molar-refractivity contribution in [3.8, 4) is 5.75 Å². The lowest BCUT2D eigenvalue weighted by Gasteiger charge is -2.06. The van der Waals surface area contributed by atoms with Gasteiger partial charge in [0, 0.05) is 31.7 Å². The summed E-state index contributed by atoms with van der Waals surface area (Å²) < 4.78 is 15.0. The van der Waals surface area contributed by atoms with Crippen LogP contribution in [-0.4, -0.2) is 43.9 Å². The van der Waals surface area contributed by atoms with Crippen molar-refractivity contribution in [1.82, 2.24) is 5.32 Å². The van der Waals surface area contributed by atoms with E-state index in [4.69, 9.17) is 19.0 Å². The van der Waals surface area contributed by atoms with Crippen molar-refractivity contribution in [3.63, 3.8) is 0 Å². The third-order valence-electron chi connectivity index (χ3n) is 3.13. The average molecular weight is 335 g/mol. The van der Waals surface area contributed by atoms with Gasteiger partial charge in [0.1, 0.15) is 16.9 Å². The van der Waals surface area contributed by atoms with Crippen LogP contribution in [0.25, 0.3) is 11.0 Å². The summed E-state index contributed by atoms with van der Waals surface area (Å²) in [5, 5.41) is 11.7. The molecule has 24 heavy (non-hydrogen) atoms. The molecule has 0 atom stereocenters. The van der Waals surface area contributed by atoms with E-state index in [-0.39, 0.29) is 16.9 Å². The molecule has 0 fully saturated rings. The number of carbonyl (C=O) groups is 2. The van der Waals surface area contributed by atoms with Gasteiger partial charge in [0.15, 0.2) is 6.61 Å². The summed E-state index contributed by atoms with van der Waals surface area (Å²) in [5.74, 6) is -1.38. The predicted octanol–water partition coefficient (Wildman–Crippen LogP) is 1.02. The molecule has 0 aliphatic heterocycles. The largest absolute Gasteiger partial charge is 0.482 e. The summed E-state index contributed by atoms with van der Waals surface area (Å²) in [5.41, 5.74) is -0.667. The van der Waals surface area contributed by atoms with Crippen molar-refractivity contribution in [2.75, 3.05) is 26.9 Å². The lowest BCUT2D eigenvalue weighted by molar-refractivity contribution is -0.139. The molecule has 0 saturated heterocycles. The van der Waals surface area contributed by atoms with Gasteiger partial charge in [-0.2, -0.15) is 0 Å². The highest BCUT2D eigenvalue weighted by Crippen LogP contribution is 2.20. The molecule has 0 aliphatic carbocycles. The molecular formula is C16H17NO7. The third-order valence-corrected chi connectivity index (χ3v) is 3.13. The van der Waals surface area contributed by atoms with E-state index >= 15 is 0 Å². The molecule has 1 aromatic heterocycles. The highest BCUT2D eigenvalue weighted by molar-refractivity contribution is 5.96. The SMILES string of the molecule is COCCCNC(=O)c1cc2ccc(OCC(=O)O)cc2oc1=O. The number of hydrogen-bond acceptors (Lipinski definition) is 6. The Morgan fingerprint density at radius 2 is 2.08 bits per heavy atom. The zero-order valence-electron chi connectivity index (χ0n) is 13.0. The zero-order chi connectivity index (χ0) is 17.5. The van der Waals surface area contributed by atoms with E-state index < -0.39 is 24.1 Å². The van der Waals surface area contributed by atoms with Crippen LogP contribution in [0.4, 0.5) is 0 Å². The van der Waals surface area contributed by atoms with E-state index in [0.29, 0.717) is 25.0 Å². The Morgan fingerprint density at radius 1 is 1.29 bits per heavy atom. The van der Waals surface area contributed by atoms with E-state index in [9.17, 15) is 14.4 Å². The first-order chi connectivity index (χ1) is 11.5. The maximum atomic E-state index is 12.0. The number of amides is 1. The lowest BCUT2D eigenvalue weighted by Crippen LogP contribution is -2.29. The molecule has 8 nitrogen and oxygen atoms in total. The van der Waals surface area contributed by atoms with E-state index in [1.165, 1.54) is 18.2 Å². The van der Waals surface area contributed by atoms with Crippen LogP contribution in [0.3, 0.4) is 0 Å². The van der Waals surface area contributed by atoms with Gasteiger partial charge in [-0.05, 0) is 24.6 Å². The van der Waals surface area contributed by atoms with Gasteiger partial charge in [0.2, 0.25) is 0 Å². The van der Waals surface area contributed by atoms with Crippen LogP contribution in [0, 0.1) is 0 Å². The predicted molar refractivity (Wildman–Crippen MR) is 84.4 cm³/mol. The second-order valence-electron chi connectivity index (χ2n) is 4.93. The van der Waals surface area contributed by atoms with E-state index in [1.807, 2.05) is 0 Å². The molecule has 1 heterocycles. The fourth-order valence-electron chi connectivity index (χ4n) is 2.00. The Hall–Kier alpha value is -2.87. The van der Waals surface area contributed by atoms with Crippen LogP contribution >= 0.6 is 0 Å². The van der Waals surface area contributed by atoms with Crippen LogP contribution in [0.5, 0.6) is 5.75 Å². The number of carbonyl (C=O) groups excluding carboxylic acids is 1. The van der Waals surface area contributed by atoms with Crippen molar-refractivity contribution >= 4 is 22.8 Å². The monoisotopic (exact) mass is 335 g/mol. The van der Waals surface area contributed by atoms with Crippen molar-refractivity contribution in [2.24, 2.45) is 0 Å². The molecule has 8 heteroatoms. The molecule has 0 spiro atoms. The Labute approximate surface area is 137 Å². The molecule has 0 bridgehead atoms. The fraction of sp³-hybridized carbons (Fsp3) is 0.312. The van der Waals surface area contributed by atoms with Gasteiger partial charge in [-0.3, -0.25) is 4.79 Å². The summed E-state index contributed by atoms with van der Waals surface area (Å²) in [7, 11) is 1.56. The first kappa shape index (κ1) is 17.5. The number of fused-ring (bicyclic) bond motifs is 1.